The molecule has 0 aromatic carbocycles. The molecule has 2 aliphatic heterocycles. The van der Waals surface area contributed by atoms with Gasteiger partial charge in [0.15, 0.2) is 9.84 Å². The minimum Gasteiger partial charge on any atom is -0.340 e. The summed E-state index contributed by atoms with van der Waals surface area (Å²) >= 11 is 0. The number of hydrogen-bond donors (Lipinski definition) is 1. The lowest BCUT2D eigenvalue weighted by atomic mass is 9.67. The largest absolute Gasteiger partial charge is 0.340 e. The second-order valence-corrected chi connectivity index (χ2v) is 9.20. The molecule has 122 valence electrons. The van der Waals surface area contributed by atoms with E-state index in [0.717, 1.165) is 32.4 Å². The van der Waals surface area contributed by atoms with E-state index in [1.165, 1.54) is 6.42 Å². The number of hydrogen-bond acceptors (Lipinski definition) is 4. The normalized spacial score (nSPS) is 38.4. The Kier molecular flexibility index (Phi) is 4.90. The molecule has 0 radical (unpaired) electrons. The van der Waals surface area contributed by atoms with Crippen molar-refractivity contribution >= 4 is 28.2 Å². The summed E-state index contributed by atoms with van der Waals surface area (Å²) in [6, 6.07) is 0. The maximum atomic E-state index is 13.0. The molecule has 2 saturated heterocycles. The number of amides is 1. The van der Waals surface area contributed by atoms with Gasteiger partial charge in [0.05, 0.1) is 16.4 Å². The highest BCUT2D eigenvalue weighted by atomic mass is 35.5. The molecule has 0 bridgehead atoms. The maximum Gasteiger partial charge on any atom is 0.230 e. The highest BCUT2D eigenvalue weighted by Gasteiger charge is 2.52. The number of rotatable bonds is 1. The van der Waals surface area contributed by atoms with Gasteiger partial charge in [0, 0.05) is 19.6 Å². The molecule has 3 fully saturated rings. The monoisotopic (exact) mass is 336 g/mol. The zero-order valence-corrected chi connectivity index (χ0v) is 14.1. The van der Waals surface area contributed by atoms with Gasteiger partial charge in [0.2, 0.25) is 5.91 Å². The van der Waals surface area contributed by atoms with E-state index in [1.807, 2.05) is 4.90 Å². The molecule has 1 N–H and O–H groups in total. The van der Waals surface area contributed by atoms with Gasteiger partial charge < -0.3 is 10.2 Å². The number of halogens is 1. The average molecular weight is 337 g/mol. The lowest BCUT2D eigenvalue weighted by Crippen LogP contribution is -2.55. The van der Waals surface area contributed by atoms with E-state index in [-0.39, 0.29) is 29.5 Å². The van der Waals surface area contributed by atoms with Gasteiger partial charge in [-0.05, 0) is 32.2 Å². The van der Waals surface area contributed by atoms with Crippen molar-refractivity contribution in [2.75, 3.05) is 31.9 Å². The Balaban J connectivity index is 0.00000161. The quantitative estimate of drug-likeness (QED) is 0.770. The smallest absolute Gasteiger partial charge is 0.230 e. The van der Waals surface area contributed by atoms with Crippen molar-refractivity contribution in [3.05, 3.63) is 0 Å². The highest BCUT2D eigenvalue weighted by Crippen LogP contribution is 2.45. The molecular formula is C14H25ClN2O3S. The fourth-order valence-corrected chi connectivity index (χ4v) is 5.41. The van der Waals surface area contributed by atoms with Crippen LogP contribution in [0.5, 0.6) is 0 Å². The topological polar surface area (TPSA) is 66.5 Å². The lowest BCUT2D eigenvalue weighted by molar-refractivity contribution is -0.145. The first-order valence-corrected chi connectivity index (χ1v) is 9.39. The Bertz CT molecular complexity index is 510. The van der Waals surface area contributed by atoms with Crippen LogP contribution in [-0.4, -0.2) is 56.4 Å². The summed E-state index contributed by atoms with van der Waals surface area (Å²) in [4.78, 5) is 14.8. The van der Waals surface area contributed by atoms with Crippen LogP contribution >= 0.6 is 12.4 Å². The molecule has 1 unspecified atom stereocenters. The fourth-order valence-electron chi connectivity index (χ4n) is 4.12. The number of carbonyl (C=O) groups excluding carboxylic acids is 1. The summed E-state index contributed by atoms with van der Waals surface area (Å²) < 4.78 is 23.6. The van der Waals surface area contributed by atoms with E-state index >= 15 is 0 Å². The predicted octanol–water partition coefficient (Wildman–Crippen LogP) is 0.833. The van der Waals surface area contributed by atoms with Gasteiger partial charge in [0.1, 0.15) is 0 Å². The van der Waals surface area contributed by atoms with Crippen molar-refractivity contribution in [2.45, 2.75) is 37.9 Å². The first-order chi connectivity index (χ1) is 9.46. The molecule has 1 aliphatic carbocycles. The molecule has 5 nitrogen and oxygen atoms in total. The average Bonchev–Trinajstić information content (AvgIpc) is 2.86. The van der Waals surface area contributed by atoms with Gasteiger partial charge in [-0.25, -0.2) is 8.42 Å². The minimum absolute atomic E-state index is 0. The van der Waals surface area contributed by atoms with Crippen molar-refractivity contribution in [3.63, 3.8) is 0 Å². The summed E-state index contributed by atoms with van der Waals surface area (Å²) in [7, 11) is -2.99. The highest BCUT2D eigenvalue weighted by molar-refractivity contribution is 7.92. The minimum atomic E-state index is -2.99. The molecule has 0 aromatic rings. The zero-order valence-electron chi connectivity index (χ0n) is 12.5. The van der Waals surface area contributed by atoms with Gasteiger partial charge >= 0.3 is 0 Å². The van der Waals surface area contributed by atoms with E-state index in [2.05, 4.69) is 5.32 Å². The summed E-state index contributed by atoms with van der Waals surface area (Å²) in [6.45, 7) is 4.18. The van der Waals surface area contributed by atoms with Gasteiger partial charge in [-0.3, -0.25) is 4.79 Å². The molecule has 7 heteroatoms. The third kappa shape index (κ3) is 2.82. The predicted molar refractivity (Wildman–Crippen MR) is 84.3 cm³/mol. The van der Waals surface area contributed by atoms with Crippen molar-refractivity contribution < 1.29 is 13.2 Å². The van der Waals surface area contributed by atoms with Gasteiger partial charge in [-0.1, -0.05) is 12.8 Å². The molecule has 1 saturated carbocycles. The fraction of sp³-hybridized carbons (Fsp3) is 0.929. The number of sulfone groups is 1. The molecule has 3 atom stereocenters. The Morgan fingerprint density at radius 1 is 1.33 bits per heavy atom. The molecule has 3 rings (SSSR count). The second kappa shape index (κ2) is 6.05. The first kappa shape index (κ1) is 17.0. The molecule has 0 aromatic heterocycles. The van der Waals surface area contributed by atoms with Crippen molar-refractivity contribution in [1.82, 2.24) is 10.2 Å². The van der Waals surface area contributed by atoms with E-state index in [1.54, 1.807) is 6.92 Å². The van der Waals surface area contributed by atoms with E-state index in [9.17, 15) is 13.2 Å². The number of fused-ring (bicyclic) bond motifs is 1. The van der Waals surface area contributed by atoms with E-state index < -0.39 is 15.1 Å². The zero-order chi connectivity index (χ0) is 14.4. The summed E-state index contributed by atoms with van der Waals surface area (Å²) in [5, 5.41) is 2.96. The molecule has 21 heavy (non-hydrogen) atoms. The first-order valence-electron chi connectivity index (χ1n) is 7.67. The van der Waals surface area contributed by atoms with Crippen LogP contribution in [0.15, 0.2) is 0 Å². The number of carbonyl (C=O) groups is 1. The van der Waals surface area contributed by atoms with Crippen LogP contribution in [-0.2, 0) is 14.6 Å². The summed E-state index contributed by atoms with van der Waals surface area (Å²) in [5.74, 6) is 0.764. The standard InChI is InChI=1S/C14H24N2O3S.ClH/c1-11-9-16(6-7-20(11,18)19)13(17)14-5-3-2-4-12(14)8-15-10-14;/h11-12,15H,2-10H2,1H3;1H/t11?,12-,14+;/m0./s1. The Morgan fingerprint density at radius 2 is 2.10 bits per heavy atom. The second-order valence-electron chi connectivity index (χ2n) is 6.66. The molecule has 2 heterocycles. The lowest BCUT2D eigenvalue weighted by Gasteiger charge is -2.42. The Morgan fingerprint density at radius 3 is 2.81 bits per heavy atom. The van der Waals surface area contributed by atoms with Crippen LogP contribution in [0.25, 0.3) is 0 Å². The van der Waals surface area contributed by atoms with Crippen LogP contribution in [0, 0.1) is 11.3 Å². The Hall–Kier alpha value is -0.330. The van der Waals surface area contributed by atoms with Crippen LogP contribution in [0.3, 0.4) is 0 Å². The van der Waals surface area contributed by atoms with E-state index in [4.69, 9.17) is 0 Å². The summed E-state index contributed by atoms with van der Waals surface area (Å²) in [5.41, 5.74) is -0.251. The maximum absolute atomic E-state index is 13.0. The van der Waals surface area contributed by atoms with Gasteiger partial charge in [-0.2, -0.15) is 0 Å². The van der Waals surface area contributed by atoms with Crippen molar-refractivity contribution in [2.24, 2.45) is 11.3 Å². The number of nitrogens with zero attached hydrogens (tertiary/aromatic N) is 1. The third-order valence-corrected chi connectivity index (χ3v) is 7.61. The van der Waals surface area contributed by atoms with Crippen molar-refractivity contribution in [1.29, 1.82) is 0 Å². The molecule has 3 aliphatic rings. The van der Waals surface area contributed by atoms with Crippen LogP contribution in [0.2, 0.25) is 0 Å². The van der Waals surface area contributed by atoms with Gasteiger partial charge in [0.25, 0.3) is 0 Å². The molecular weight excluding hydrogens is 312 g/mol. The SMILES string of the molecule is CC1CN(C(=O)[C@@]23CCCC[C@H]2CNC3)CCS1(=O)=O.Cl. The Labute approximate surface area is 133 Å². The molecule has 0 spiro atoms. The van der Waals surface area contributed by atoms with Crippen LogP contribution in [0.4, 0.5) is 0 Å². The number of nitrogens with one attached hydrogen (secondary N) is 1. The van der Waals surface area contributed by atoms with Crippen molar-refractivity contribution in [3.8, 4) is 0 Å². The van der Waals surface area contributed by atoms with E-state index in [0.29, 0.717) is 19.0 Å². The third-order valence-electron chi connectivity index (χ3n) is 5.49. The summed E-state index contributed by atoms with van der Waals surface area (Å²) in [6.07, 6.45) is 4.42. The van der Waals surface area contributed by atoms with Gasteiger partial charge in [-0.15, -0.1) is 12.4 Å². The molecule has 1 amide bonds. The van der Waals surface area contributed by atoms with Crippen LogP contribution in [0.1, 0.15) is 32.6 Å². The van der Waals surface area contributed by atoms with Crippen LogP contribution < -0.4 is 5.32 Å².